The van der Waals surface area contributed by atoms with Gasteiger partial charge in [-0.25, -0.2) is 9.37 Å². The lowest BCUT2D eigenvalue weighted by Gasteiger charge is -2.12. The molecule has 1 heterocycles. The number of rotatable bonds is 7. The molecular formula is C19H13FI2N4O3. The van der Waals surface area contributed by atoms with Crippen molar-refractivity contribution in [3.63, 3.8) is 0 Å². The number of nitrogens with zero attached hydrogens (tertiary/aromatic N) is 3. The molecule has 0 aliphatic rings. The topological polar surface area (TPSA) is 89.7 Å². The van der Waals surface area contributed by atoms with E-state index in [1.165, 1.54) is 18.2 Å². The molecule has 0 aliphatic carbocycles. The third-order valence-electron chi connectivity index (χ3n) is 3.70. The van der Waals surface area contributed by atoms with Crippen molar-refractivity contribution in [1.29, 1.82) is 0 Å². The Labute approximate surface area is 192 Å². The largest absolute Gasteiger partial charge is 0.487 e. The lowest BCUT2D eigenvalue weighted by Crippen LogP contribution is -2.02. The highest BCUT2D eigenvalue weighted by Gasteiger charge is 2.10. The van der Waals surface area contributed by atoms with E-state index in [-0.39, 0.29) is 18.1 Å². The molecule has 2 aromatic carbocycles. The normalized spacial score (nSPS) is 10.9. The number of benzene rings is 2. The summed E-state index contributed by atoms with van der Waals surface area (Å²) in [4.78, 5) is 14.0. The van der Waals surface area contributed by atoms with Crippen LogP contribution in [0.3, 0.4) is 0 Å². The molecule has 1 aromatic heterocycles. The second-order valence-electron chi connectivity index (χ2n) is 5.72. The monoisotopic (exact) mass is 618 g/mol. The second kappa shape index (κ2) is 9.91. The van der Waals surface area contributed by atoms with Crippen molar-refractivity contribution in [1.82, 2.24) is 4.98 Å². The van der Waals surface area contributed by atoms with Crippen LogP contribution in [0.25, 0.3) is 0 Å². The molecule has 7 nitrogen and oxygen atoms in total. The number of nitro groups is 1. The molecule has 3 aromatic rings. The number of pyridine rings is 1. The van der Waals surface area contributed by atoms with Crippen LogP contribution in [0.4, 0.5) is 15.9 Å². The van der Waals surface area contributed by atoms with E-state index >= 15 is 0 Å². The van der Waals surface area contributed by atoms with Gasteiger partial charge in [-0.2, -0.15) is 5.10 Å². The maximum Gasteiger partial charge on any atom is 0.287 e. The van der Waals surface area contributed by atoms with Crippen molar-refractivity contribution in [2.45, 2.75) is 6.61 Å². The molecule has 0 aliphatic heterocycles. The van der Waals surface area contributed by atoms with Crippen molar-refractivity contribution >= 4 is 62.9 Å². The average molecular weight is 618 g/mol. The van der Waals surface area contributed by atoms with Gasteiger partial charge in [-0.15, -0.1) is 0 Å². The van der Waals surface area contributed by atoms with Crippen LogP contribution in [0.5, 0.6) is 5.75 Å². The van der Waals surface area contributed by atoms with Crippen LogP contribution in [-0.2, 0) is 6.61 Å². The minimum Gasteiger partial charge on any atom is -0.487 e. The van der Waals surface area contributed by atoms with Crippen molar-refractivity contribution in [2.75, 3.05) is 5.43 Å². The first kappa shape index (κ1) is 21.4. The molecule has 0 saturated carbocycles. The predicted molar refractivity (Wildman–Crippen MR) is 125 cm³/mol. The van der Waals surface area contributed by atoms with Gasteiger partial charge in [0.25, 0.3) is 5.69 Å². The number of ether oxygens (including phenoxy) is 1. The maximum atomic E-state index is 13.8. The molecule has 0 amide bonds. The summed E-state index contributed by atoms with van der Waals surface area (Å²) >= 11 is 4.31. The van der Waals surface area contributed by atoms with Gasteiger partial charge in [-0.3, -0.25) is 15.5 Å². The number of hydrazone groups is 1. The lowest BCUT2D eigenvalue weighted by atomic mass is 10.2. The Hall–Kier alpha value is -2.35. The first-order chi connectivity index (χ1) is 13.9. The van der Waals surface area contributed by atoms with Crippen LogP contribution in [0.1, 0.15) is 11.1 Å². The Morgan fingerprint density at radius 3 is 2.55 bits per heavy atom. The fourth-order valence-electron chi connectivity index (χ4n) is 2.29. The van der Waals surface area contributed by atoms with E-state index in [1.807, 2.05) is 12.1 Å². The molecule has 0 radical (unpaired) electrons. The lowest BCUT2D eigenvalue weighted by molar-refractivity contribution is -0.385. The molecule has 0 unspecified atom stereocenters. The van der Waals surface area contributed by atoms with Gasteiger partial charge in [-0.1, -0.05) is 18.2 Å². The van der Waals surface area contributed by atoms with Gasteiger partial charge in [0, 0.05) is 11.6 Å². The van der Waals surface area contributed by atoms with Gasteiger partial charge in [0.2, 0.25) is 0 Å². The Morgan fingerprint density at radius 1 is 1.21 bits per heavy atom. The molecule has 29 heavy (non-hydrogen) atoms. The summed E-state index contributed by atoms with van der Waals surface area (Å²) in [5.41, 5.74) is 3.95. The Morgan fingerprint density at radius 2 is 1.93 bits per heavy atom. The number of hydrogen-bond acceptors (Lipinski definition) is 6. The summed E-state index contributed by atoms with van der Waals surface area (Å²) in [6.45, 7) is 0.138. The summed E-state index contributed by atoms with van der Waals surface area (Å²) in [6.07, 6.45) is 2.76. The molecule has 0 bridgehead atoms. The Kier molecular flexibility index (Phi) is 7.30. The summed E-state index contributed by atoms with van der Waals surface area (Å²) in [5.74, 6) is 0.768. The molecule has 10 heteroatoms. The minimum atomic E-state index is -0.514. The first-order valence-corrected chi connectivity index (χ1v) is 10.3. The molecule has 148 valence electrons. The zero-order chi connectivity index (χ0) is 20.8. The van der Waals surface area contributed by atoms with Crippen LogP contribution >= 0.6 is 45.2 Å². The summed E-state index contributed by atoms with van der Waals surface area (Å²) in [6, 6.07) is 13.1. The smallest absolute Gasteiger partial charge is 0.287 e. The number of nitrogens with one attached hydrogen (secondary N) is 1. The highest BCUT2D eigenvalue weighted by atomic mass is 127. The zero-order valence-electron chi connectivity index (χ0n) is 14.7. The molecule has 0 fully saturated rings. The van der Waals surface area contributed by atoms with Crippen molar-refractivity contribution in [3.05, 3.63) is 88.9 Å². The van der Waals surface area contributed by atoms with E-state index < -0.39 is 4.92 Å². The third-order valence-corrected chi connectivity index (χ3v) is 5.30. The van der Waals surface area contributed by atoms with E-state index in [2.05, 4.69) is 60.7 Å². The second-order valence-corrected chi connectivity index (χ2v) is 8.05. The van der Waals surface area contributed by atoms with Crippen LogP contribution in [0.15, 0.2) is 59.8 Å². The van der Waals surface area contributed by atoms with Gasteiger partial charge in [-0.05, 0) is 75.0 Å². The Balaban J connectivity index is 1.66. The fraction of sp³-hybridized carbons (Fsp3) is 0.0526. The van der Waals surface area contributed by atoms with E-state index in [0.29, 0.717) is 17.1 Å². The van der Waals surface area contributed by atoms with E-state index in [1.54, 1.807) is 24.4 Å². The molecule has 0 spiro atoms. The number of hydrogen-bond donors (Lipinski definition) is 1. The van der Waals surface area contributed by atoms with Gasteiger partial charge in [0.05, 0.1) is 18.3 Å². The van der Waals surface area contributed by atoms with Crippen molar-refractivity contribution in [2.24, 2.45) is 5.10 Å². The van der Waals surface area contributed by atoms with Gasteiger partial charge >= 0.3 is 0 Å². The standard InChI is InChI=1S/C19H13FI2N4O3/c20-15-4-2-1-3-13(15)11-29-19-16(21)7-12(8-17(19)22)9-24-25-18-6-5-14(10-23-18)26(27)28/h1-10H,11H2,(H,23,25)/b24-9+. The van der Waals surface area contributed by atoms with Crippen LogP contribution in [0.2, 0.25) is 0 Å². The molecule has 0 saturated heterocycles. The van der Waals surface area contributed by atoms with Crippen molar-refractivity contribution in [3.8, 4) is 5.75 Å². The number of aromatic nitrogens is 1. The average Bonchev–Trinajstić information content (AvgIpc) is 2.69. The Bertz CT molecular complexity index is 1040. The molecule has 3 rings (SSSR count). The SMILES string of the molecule is O=[N+]([O-])c1ccc(N/N=C/c2cc(I)c(OCc3ccccc3F)c(I)c2)nc1. The summed E-state index contributed by atoms with van der Waals surface area (Å²) < 4.78 is 21.3. The van der Waals surface area contributed by atoms with Crippen LogP contribution < -0.4 is 10.2 Å². The predicted octanol–water partition coefficient (Wildman–Crippen LogP) is 5.36. The minimum absolute atomic E-state index is 0.0883. The first-order valence-electron chi connectivity index (χ1n) is 8.19. The van der Waals surface area contributed by atoms with E-state index in [0.717, 1.165) is 18.9 Å². The van der Waals surface area contributed by atoms with Crippen LogP contribution in [0, 0.1) is 23.1 Å². The van der Waals surface area contributed by atoms with Crippen molar-refractivity contribution < 1.29 is 14.1 Å². The van der Waals surface area contributed by atoms with Gasteiger partial charge in [0.15, 0.2) is 0 Å². The molecule has 1 N–H and O–H groups in total. The maximum absolute atomic E-state index is 13.8. The quantitative estimate of drug-likeness (QED) is 0.167. The van der Waals surface area contributed by atoms with Gasteiger partial charge < -0.3 is 4.74 Å². The van der Waals surface area contributed by atoms with E-state index in [4.69, 9.17) is 4.74 Å². The molecule has 0 atom stereocenters. The number of anilines is 1. The summed E-state index contributed by atoms with van der Waals surface area (Å²) in [7, 11) is 0. The highest BCUT2D eigenvalue weighted by molar-refractivity contribution is 14.1. The highest BCUT2D eigenvalue weighted by Crippen LogP contribution is 2.29. The van der Waals surface area contributed by atoms with E-state index in [9.17, 15) is 14.5 Å². The van der Waals surface area contributed by atoms with Gasteiger partial charge in [0.1, 0.15) is 30.2 Å². The zero-order valence-corrected chi connectivity index (χ0v) is 19.0. The summed E-state index contributed by atoms with van der Waals surface area (Å²) in [5, 5.41) is 14.7. The van der Waals surface area contributed by atoms with Crippen LogP contribution in [-0.4, -0.2) is 16.1 Å². The fourth-order valence-corrected chi connectivity index (χ4v) is 4.42. The number of halogens is 3. The third kappa shape index (κ3) is 5.82. The molecular weight excluding hydrogens is 605 g/mol.